The molecule has 1 aliphatic rings. The van der Waals surface area contributed by atoms with E-state index < -0.39 is 0 Å². The summed E-state index contributed by atoms with van der Waals surface area (Å²) in [5, 5.41) is 0. The summed E-state index contributed by atoms with van der Waals surface area (Å²) in [5.74, 6) is 0. The van der Waals surface area contributed by atoms with Crippen LogP contribution in [0.5, 0.6) is 0 Å². The minimum absolute atomic E-state index is 0.224. The highest BCUT2D eigenvalue weighted by Crippen LogP contribution is 2.32. The molecule has 1 aliphatic heterocycles. The van der Waals surface area contributed by atoms with Gasteiger partial charge in [0.25, 0.3) is 0 Å². The molecule has 1 saturated heterocycles. The molecule has 1 fully saturated rings. The van der Waals surface area contributed by atoms with Crippen LogP contribution in [0.15, 0.2) is 36.4 Å². The Labute approximate surface area is 97.5 Å². The first-order valence-corrected chi connectivity index (χ1v) is 5.88. The van der Waals surface area contributed by atoms with Gasteiger partial charge in [0.2, 0.25) is 0 Å². The van der Waals surface area contributed by atoms with Crippen molar-refractivity contribution in [2.24, 2.45) is 0 Å². The molecule has 2 atom stereocenters. The zero-order chi connectivity index (χ0) is 11.5. The van der Waals surface area contributed by atoms with Crippen molar-refractivity contribution in [1.82, 2.24) is 0 Å². The maximum absolute atomic E-state index is 5.66. The van der Waals surface area contributed by atoms with Crippen LogP contribution < -0.4 is 4.90 Å². The largest absolute Gasteiger partial charge is 0.344 e. The van der Waals surface area contributed by atoms with E-state index >= 15 is 0 Å². The predicted molar refractivity (Wildman–Crippen MR) is 67.7 cm³/mol. The zero-order valence-electron chi connectivity index (χ0n) is 10.2. The number of hydrogen-bond donors (Lipinski definition) is 0. The number of anilines is 1. The van der Waals surface area contributed by atoms with E-state index in [1.165, 1.54) is 11.3 Å². The molecule has 1 aromatic carbocycles. The van der Waals surface area contributed by atoms with Crippen LogP contribution in [0.3, 0.4) is 0 Å². The van der Waals surface area contributed by atoms with E-state index in [1.807, 2.05) is 6.92 Å². The molecule has 1 aromatic rings. The van der Waals surface area contributed by atoms with E-state index in [2.05, 4.69) is 55.2 Å². The minimum atomic E-state index is 0.224. The smallest absolute Gasteiger partial charge is 0.161 e. The Morgan fingerprint density at radius 1 is 1.38 bits per heavy atom. The fraction of sp³-hybridized carbons (Fsp3) is 0.429. The van der Waals surface area contributed by atoms with E-state index in [0.717, 1.165) is 6.54 Å². The van der Waals surface area contributed by atoms with Crippen molar-refractivity contribution in [2.75, 3.05) is 11.4 Å². The van der Waals surface area contributed by atoms with Crippen LogP contribution >= 0.6 is 0 Å². The van der Waals surface area contributed by atoms with Crippen molar-refractivity contribution in [3.05, 3.63) is 42.0 Å². The van der Waals surface area contributed by atoms with Crippen LogP contribution in [0.25, 0.3) is 0 Å². The summed E-state index contributed by atoms with van der Waals surface area (Å²) in [6, 6.07) is 8.46. The predicted octanol–water partition coefficient (Wildman–Crippen LogP) is 3.12. The molecule has 0 bridgehead atoms. The quantitative estimate of drug-likeness (QED) is 0.569. The first-order chi connectivity index (χ1) is 7.77. The van der Waals surface area contributed by atoms with Gasteiger partial charge >= 0.3 is 0 Å². The van der Waals surface area contributed by atoms with Crippen LogP contribution in [0.2, 0.25) is 0 Å². The molecule has 86 valence electrons. The van der Waals surface area contributed by atoms with E-state index in [1.54, 1.807) is 0 Å². The van der Waals surface area contributed by atoms with Gasteiger partial charge < -0.3 is 9.64 Å². The summed E-state index contributed by atoms with van der Waals surface area (Å²) in [6.07, 6.45) is 4.66. The Morgan fingerprint density at radius 3 is 2.75 bits per heavy atom. The first-order valence-electron chi connectivity index (χ1n) is 5.88. The maximum atomic E-state index is 5.66. The minimum Gasteiger partial charge on any atom is -0.344 e. The average molecular weight is 217 g/mol. The normalized spacial score (nSPS) is 23.7. The molecule has 0 spiro atoms. The monoisotopic (exact) mass is 217 g/mol. The molecule has 0 aliphatic carbocycles. The molecule has 2 nitrogen and oxygen atoms in total. The number of aryl methyl sites for hydroxylation is 1. The molecule has 2 rings (SSSR count). The van der Waals surface area contributed by atoms with Crippen LogP contribution in [-0.2, 0) is 4.74 Å². The third kappa shape index (κ3) is 2.12. The number of allylic oxidation sites excluding steroid dienone is 1. The van der Waals surface area contributed by atoms with Gasteiger partial charge in [-0.1, -0.05) is 30.4 Å². The first kappa shape index (κ1) is 11.2. The fourth-order valence-electron chi connectivity index (χ4n) is 2.07. The molecule has 0 aromatic heterocycles. The molecule has 2 unspecified atom stereocenters. The summed E-state index contributed by atoms with van der Waals surface area (Å²) in [5.41, 5.74) is 2.58. The van der Waals surface area contributed by atoms with Gasteiger partial charge in [0.1, 0.15) is 6.10 Å². The van der Waals surface area contributed by atoms with Crippen molar-refractivity contribution in [1.29, 1.82) is 0 Å². The topological polar surface area (TPSA) is 15.8 Å². The fourth-order valence-corrected chi connectivity index (χ4v) is 2.07. The third-order valence-corrected chi connectivity index (χ3v) is 2.96. The van der Waals surface area contributed by atoms with Crippen molar-refractivity contribution >= 4 is 5.69 Å². The number of hydrogen-bond acceptors (Lipinski definition) is 2. The lowest BCUT2D eigenvalue weighted by Crippen LogP contribution is -2.28. The lowest BCUT2D eigenvalue weighted by Gasteiger charge is -2.22. The zero-order valence-corrected chi connectivity index (χ0v) is 10.2. The summed E-state index contributed by atoms with van der Waals surface area (Å²) in [7, 11) is 0. The third-order valence-electron chi connectivity index (χ3n) is 2.96. The second-order valence-corrected chi connectivity index (χ2v) is 4.09. The molecule has 1 heterocycles. The van der Waals surface area contributed by atoms with Crippen molar-refractivity contribution in [2.45, 2.75) is 33.1 Å². The Kier molecular flexibility index (Phi) is 3.30. The molecular formula is C14H19NO. The van der Waals surface area contributed by atoms with Gasteiger partial charge in [-0.25, -0.2) is 0 Å². The van der Waals surface area contributed by atoms with Gasteiger partial charge in [0, 0.05) is 12.2 Å². The van der Waals surface area contributed by atoms with Gasteiger partial charge in [0.15, 0.2) is 6.23 Å². The Hall–Kier alpha value is -1.28. The number of para-hydroxylation sites is 1. The second kappa shape index (κ2) is 4.71. The van der Waals surface area contributed by atoms with E-state index in [0.29, 0.717) is 0 Å². The highest BCUT2D eigenvalue weighted by atomic mass is 16.6. The van der Waals surface area contributed by atoms with Crippen LogP contribution in [0.4, 0.5) is 5.69 Å². The molecule has 0 N–H and O–H groups in total. The highest BCUT2D eigenvalue weighted by molar-refractivity contribution is 5.54. The Morgan fingerprint density at radius 2 is 2.12 bits per heavy atom. The molecule has 0 saturated carbocycles. The van der Waals surface area contributed by atoms with Crippen LogP contribution in [-0.4, -0.2) is 18.9 Å². The highest BCUT2D eigenvalue weighted by Gasteiger charge is 2.41. The molecule has 16 heavy (non-hydrogen) atoms. The molecule has 0 radical (unpaired) electrons. The number of nitrogens with zero attached hydrogens (tertiary/aromatic N) is 1. The van der Waals surface area contributed by atoms with Crippen LogP contribution in [0.1, 0.15) is 19.4 Å². The second-order valence-electron chi connectivity index (χ2n) is 4.09. The molecular weight excluding hydrogens is 198 g/mol. The Bertz CT molecular complexity index is 386. The lowest BCUT2D eigenvalue weighted by molar-refractivity contribution is 0.382. The van der Waals surface area contributed by atoms with Gasteiger partial charge in [-0.05, 0) is 32.4 Å². The van der Waals surface area contributed by atoms with Gasteiger partial charge in [-0.3, -0.25) is 0 Å². The molecule has 2 heteroatoms. The molecule has 0 amide bonds. The van der Waals surface area contributed by atoms with Crippen LogP contribution in [0, 0.1) is 6.92 Å². The van der Waals surface area contributed by atoms with Gasteiger partial charge in [0.05, 0.1) is 0 Å². The number of benzene rings is 1. The SMILES string of the molecule is C/C=C/C1OC1N(CC)c1ccccc1C. The summed E-state index contributed by atoms with van der Waals surface area (Å²) < 4.78 is 5.66. The standard InChI is InChI=1S/C14H19NO/c1-4-8-13-14(16-13)15(5-2)12-10-7-6-9-11(12)3/h4,6-10,13-14H,5H2,1-3H3/b8-4+. The van der Waals surface area contributed by atoms with Gasteiger partial charge in [-0.2, -0.15) is 0 Å². The van der Waals surface area contributed by atoms with Crippen molar-refractivity contribution < 1.29 is 4.74 Å². The summed E-state index contributed by atoms with van der Waals surface area (Å²) in [4.78, 5) is 2.32. The average Bonchev–Trinajstić information content (AvgIpc) is 3.02. The number of rotatable bonds is 4. The summed E-state index contributed by atoms with van der Waals surface area (Å²) in [6.45, 7) is 7.32. The van der Waals surface area contributed by atoms with Crippen molar-refractivity contribution in [3.8, 4) is 0 Å². The Balaban J connectivity index is 2.15. The van der Waals surface area contributed by atoms with Gasteiger partial charge in [-0.15, -0.1) is 0 Å². The number of likely N-dealkylation sites (N-methyl/N-ethyl adjacent to an activating group) is 1. The van der Waals surface area contributed by atoms with E-state index in [4.69, 9.17) is 4.74 Å². The van der Waals surface area contributed by atoms with Crippen molar-refractivity contribution in [3.63, 3.8) is 0 Å². The lowest BCUT2D eigenvalue weighted by atomic mass is 10.1. The summed E-state index contributed by atoms with van der Waals surface area (Å²) >= 11 is 0. The maximum Gasteiger partial charge on any atom is 0.161 e. The van der Waals surface area contributed by atoms with E-state index in [9.17, 15) is 0 Å². The number of ether oxygens (including phenoxy) is 1. The number of epoxide rings is 1. The van der Waals surface area contributed by atoms with E-state index in [-0.39, 0.29) is 12.3 Å².